The van der Waals surface area contributed by atoms with Crippen LogP contribution >= 0.6 is 11.6 Å². The molecule has 0 spiro atoms. The molecule has 0 aromatic heterocycles. The quantitative estimate of drug-likeness (QED) is 0.842. The minimum Gasteiger partial charge on any atom is -0.330 e. The van der Waals surface area contributed by atoms with Crippen LogP contribution in [0.3, 0.4) is 0 Å². The highest BCUT2D eigenvalue weighted by atomic mass is 35.5. The average molecular weight is 232 g/mol. The van der Waals surface area contributed by atoms with Crippen LogP contribution in [-0.2, 0) is 5.41 Å². The van der Waals surface area contributed by atoms with E-state index in [1.165, 1.54) is 29.2 Å². The highest BCUT2D eigenvalue weighted by molar-refractivity contribution is 6.31. The summed E-state index contributed by atoms with van der Waals surface area (Å²) in [6.45, 7) is 0.745. The first-order valence-electron chi connectivity index (χ1n) is 5.64. The van der Waals surface area contributed by atoms with Crippen LogP contribution in [0.1, 0.15) is 18.4 Å². The summed E-state index contributed by atoms with van der Waals surface area (Å²) < 4.78 is 0. The average Bonchev–Trinajstić information content (AvgIpc) is 3.08. The fourth-order valence-electron chi connectivity index (χ4n) is 2.45. The Morgan fingerprint density at radius 2 is 2.00 bits per heavy atom. The van der Waals surface area contributed by atoms with E-state index in [0.29, 0.717) is 0 Å². The van der Waals surface area contributed by atoms with E-state index in [1.54, 1.807) is 0 Å². The minimum atomic E-state index is 0.243. The number of rotatable bonds is 2. The van der Waals surface area contributed by atoms with Gasteiger partial charge >= 0.3 is 0 Å². The zero-order valence-electron chi connectivity index (χ0n) is 9.04. The number of halogens is 1. The molecule has 1 aliphatic rings. The summed E-state index contributed by atoms with van der Waals surface area (Å²) in [4.78, 5) is 0. The number of hydrogen-bond donors (Lipinski definition) is 1. The second-order valence-corrected chi connectivity index (χ2v) is 5.09. The maximum atomic E-state index is 6.01. The van der Waals surface area contributed by atoms with Crippen molar-refractivity contribution in [1.29, 1.82) is 0 Å². The molecule has 1 aliphatic carbocycles. The van der Waals surface area contributed by atoms with Gasteiger partial charge in [0, 0.05) is 17.0 Å². The van der Waals surface area contributed by atoms with Crippen LogP contribution in [-0.4, -0.2) is 6.54 Å². The van der Waals surface area contributed by atoms with Crippen LogP contribution in [0.2, 0.25) is 5.02 Å². The van der Waals surface area contributed by atoms with Gasteiger partial charge in [-0.3, -0.25) is 0 Å². The first-order valence-corrected chi connectivity index (χ1v) is 6.02. The third kappa shape index (κ3) is 1.43. The zero-order chi connectivity index (χ0) is 11.2. The number of nitrogens with two attached hydrogens (primary N) is 1. The number of fused-ring (bicyclic) bond motifs is 1. The van der Waals surface area contributed by atoms with Gasteiger partial charge in [0.2, 0.25) is 0 Å². The van der Waals surface area contributed by atoms with Crippen LogP contribution in [0.15, 0.2) is 36.4 Å². The SMILES string of the molecule is NCC1(c2cccc3cc(Cl)ccc23)CC1. The van der Waals surface area contributed by atoms with E-state index in [4.69, 9.17) is 17.3 Å². The zero-order valence-corrected chi connectivity index (χ0v) is 9.80. The second-order valence-electron chi connectivity index (χ2n) is 4.66. The summed E-state index contributed by atoms with van der Waals surface area (Å²) >= 11 is 6.01. The summed E-state index contributed by atoms with van der Waals surface area (Å²) in [6.07, 6.45) is 2.43. The molecule has 1 fully saturated rings. The Morgan fingerprint density at radius 1 is 1.19 bits per heavy atom. The maximum absolute atomic E-state index is 6.01. The third-order valence-electron chi connectivity index (χ3n) is 3.66. The van der Waals surface area contributed by atoms with Crippen molar-refractivity contribution in [3.63, 3.8) is 0 Å². The number of hydrogen-bond acceptors (Lipinski definition) is 1. The maximum Gasteiger partial charge on any atom is 0.0412 e. The fraction of sp³-hybridized carbons (Fsp3) is 0.286. The molecule has 0 unspecified atom stereocenters. The lowest BCUT2D eigenvalue weighted by molar-refractivity contribution is 0.711. The van der Waals surface area contributed by atoms with Gasteiger partial charge in [-0.1, -0.05) is 35.9 Å². The molecule has 3 rings (SSSR count). The standard InChI is InChI=1S/C14H14ClN/c15-11-4-5-12-10(8-11)2-1-3-13(12)14(9-16)6-7-14/h1-5,8H,6-7,9,16H2. The van der Waals surface area contributed by atoms with Crippen LogP contribution in [0.5, 0.6) is 0 Å². The van der Waals surface area contributed by atoms with Crippen molar-refractivity contribution in [3.8, 4) is 0 Å². The van der Waals surface area contributed by atoms with Crippen molar-refractivity contribution >= 4 is 22.4 Å². The molecule has 2 heteroatoms. The van der Waals surface area contributed by atoms with Crippen LogP contribution in [0.25, 0.3) is 10.8 Å². The molecule has 0 radical (unpaired) electrons. The lowest BCUT2D eigenvalue weighted by atomic mass is 9.91. The minimum absolute atomic E-state index is 0.243. The van der Waals surface area contributed by atoms with E-state index in [1.807, 2.05) is 12.1 Å². The Kier molecular flexibility index (Phi) is 2.20. The normalized spacial score (nSPS) is 17.6. The Hall–Kier alpha value is -1.05. The summed E-state index contributed by atoms with van der Waals surface area (Å²) in [7, 11) is 0. The van der Waals surface area contributed by atoms with Crippen molar-refractivity contribution in [3.05, 3.63) is 47.0 Å². The molecule has 0 saturated heterocycles. The molecule has 0 bridgehead atoms. The van der Waals surface area contributed by atoms with E-state index < -0.39 is 0 Å². The van der Waals surface area contributed by atoms with E-state index in [-0.39, 0.29) is 5.41 Å². The molecule has 16 heavy (non-hydrogen) atoms. The van der Waals surface area contributed by atoms with Gasteiger partial charge in [-0.25, -0.2) is 0 Å². The molecule has 0 heterocycles. The summed E-state index contributed by atoms with van der Waals surface area (Å²) in [5, 5.41) is 3.31. The van der Waals surface area contributed by atoms with Gasteiger partial charge in [0.15, 0.2) is 0 Å². The molecule has 2 aromatic rings. The lowest BCUT2D eigenvalue weighted by Gasteiger charge is -2.15. The van der Waals surface area contributed by atoms with Crippen molar-refractivity contribution in [2.75, 3.05) is 6.54 Å². The van der Waals surface area contributed by atoms with Gasteiger partial charge in [-0.15, -0.1) is 0 Å². The van der Waals surface area contributed by atoms with Crippen LogP contribution in [0, 0.1) is 0 Å². The highest BCUT2D eigenvalue weighted by Gasteiger charge is 2.43. The summed E-state index contributed by atoms with van der Waals surface area (Å²) in [5.41, 5.74) is 7.53. The molecule has 1 nitrogen and oxygen atoms in total. The smallest absolute Gasteiger partial charge is 0.0412 e. The molecular formula is C14H14ClN. The van der Waals surface area contributed by atoms with E-state index in [2.05, 4.69) is 24.3 Å². The monoisotopic (exact) mass is 231 g/mol. The summed E-state index contributed by atoms with van der Waals surface area (Å²) in [5.74, 6) is 0. The lowest BCUT2D eigenvalue weighted by Crippen LogP contribution is -2.19. The van der Waals surface area contributed by atoms with Gasteiger partial charge < -0.3 is 5.73 Å². The van der Waals surface area contributed by atoms with Gasteiger partial charge in [0.05, 0.1) is 0 Å². The van der Waals surface area contributed by atoms with E-state index in [0.717, 1.165) is 11.6 Å². The molecule has 82 valence electrons. The first-order chi connectivity index (χ1) is 7.75. The largest absolute Gasteiger partial charge is 0.330 e. The van der Waals surface area contributed by atoms with Crippen molar-refractivity contribution < 1.29 is 0 Å². The molecule has 0 aliphatic heterocycles. The van der Waals surface area contributed by atoms with Crippen molar-refractivity contribution in [2.45, 2.75) is 18.3 Å². The Labute approximate surface area is 100 Å². The number of benzene rings is 2. The Bertz CT molecular complexity index is 543. The molecule has 2 N–H and O–H groups in total. The molecular weight excluding hydrogens is 218 g/mol. The van der Waals surface area contributed by atoms with Crippen LogP contribution in [0.4, 0.5) is 0 Å². The Morgan fingerprint density at radius 3 is 2.69 bits per heavy atom. The van der Waals surface area contributed by atoms with Gasteiger partial charge in [-0.2, -0.15) is 0 Å². The molecule has 2 aromatic carbocycles. The molecule has 0 atom stereocenters. The first kappa shape index (κ1) is 10.1. The third-order valence-corrected chi connectivity index (χ3v) is 3.89. The van der Waals surface area contributed by atoms with Gasteiger partial charge in [0.1, 0.15) is 0 Å². The predicted molar refractivity (Wildman–Crippen MR) is 68.9 cm³/mol. The highest BCUT2D eigenvalue weighted by Crippen LogP contribution is 2.49. The van der Waals surface area contributed by atoms with E-state index in [9.17, 15) is 0 Å². The molecule has 0 amide bonds. The van der Waals surface area contributed by atoms with Gasteiger partial charge in [0.25, 0.3) is 0 Å². The topological polar surface area (TPSA) is 26.0 Å². The van der Waals surface area contributed by atoms with Gasteiger partial charge in [-0.05, 0) is 41.3 Å². The van der Waals surface area contributed by atoms with E-state index >= 15 is 0 Å². The van der Waals surface area contributed by atoms with Crippen LogP contribution < -0.4 is 5.73 Å². The second kappa shape index (κ2) is 3.47. The molecule has 1 saturated carbocycles. The summed E-state index contributed by atoms with van der Waals surface area (Å²) in [6, 6.07) is 12.5. The van der Waals surface area contributed by atoms with Crippen molar-refractivity contribution in [1.82, 2.24) is 0 Å². The van der Waals surface area contributed by atoms with Crippen molar-refractivity contribution in [2.24, 2.45) is 5.73 Å². The predicted octanol–water partition coefficient (Wildman–Crippen LogP) is 3.48. The fourth-order valence-corrected chi connectivity index (χ4v) is 2.63. The Balaban J connectivity index is 2.26.